The molecule has 0 amide bonds. The van der Waals surface area contributed by atoms with Gasteiger partial charge in [0.25, 0.3) is 0 Å². The maximum atomic E-state index is 6.67. The molecule has 0 N–H and O–H groups in total. The van der Waals surface area contributed by atoms with Gasteiger partial charge >= 0.3 is 0 Å². The van der Waals surface area contributed by atoms with Gasteiger partial charge in [0.05, 0.1) is 27.9 Å². The molecule has 0 aliphatic rings. The van der Waals surface area contributed by atoms with Crippen molar-refractivity contribution in [1.82, 2.24) is 19.5 Å². The minimum atomic E-state index is 0.650. The van der Waals surface area contributed by atoms with Crippen LogP contribution in [-0.4, -0.2) is 19.5 Å². The lowest BCUT2D eigenvalue weighted by Crippen LogP contribution is -1.97. The summed E-state index contributed by atoms with van der Waals surface area (Å²) in [7, 11) is 0. The summed E-state index contributed by atoms with van der Waals surface area (Å²) in [5.74, 6) is 0.650. The van der Waals surface area contributed by atoms with Crippen molar-refractivity contribution >= 4 is 54.6 Å². The first-order valence-electron chi connectivity index (χ1n) is 20.2. The van der Waals surface area contributed by atoms with Crippen molar-refractivity contribution in [2.24, 2.45) is 0 Å². The zero-order valence-corrected chi connectivity index (χ0v) is 32.3. The summed E-state index contributed by atoms with van der Waals surface area (Å²) in [5, 5.41) is 5.72. The van der Waals surface area contributed by atoms with E-state index in [4.69, 9.17) is 19.4 Å². The van der Waals surface area contributed by atoms with Gasteiger partial charge in [0.15, 0.2) is 11.4 Å². The molecule has 4 aromatic heterocycles. The zero-order valence-electron chi connectivity index (χ0n) is 32.3. The van der Waals surface area contributed by atoms with E-state index < -0.39 is 0 Å². The van der Waals surface area contributed by atoms with Crippen LogP contribution in [0.5, 0.6) is 0 Å². The van der Waals surface area contributed by atoms with Crippen molar-refractivity contribution in [3.63, 3.8) is 0 Å². The number of hydrogen-bond donors (Lipinski definition) is 0. The fourth-order valence-electron chi connectivity index (χ4n) is 8.82. The lowest BCUT2D eigenvalue weighted by atomic mass is 9.95. The molecule has 0 fully saturated rings. The van der Waals surface area contributed by atoms with E-state index in [9.17, 15) is 0 Å². The molecule has 0 aliphatic carbocycles. The van der Waals surface area contributed by atoms with Crippen LogP contribution in [0.2, 0.25) is 0 Å². The molecule has 60 heavy (non-hydrogen) atoms. The van der Waals surface area contributed by atoms with Gasteiger partial charge in [-0.1, -0.05) is 164 Å². The Morgan fingerprint density at radius 3 is 1.62 bits per heavy atom. The van der Waals surface area contributed by atoms with Crippen molar-refractivity contribution in [2.45, 2.75) is 0 Å². The number of furan rings is 1. The Morgan fingerprint density at radius 1 is 0.383 bits per heavy atom. The number of nitrogens with zero attached hydrogens (tertiary/aromatic N) is 4. The third kappa shape index (κ3) is 5.52. The third-order valence-corrected chi connectivity index (χ3v) is 11.6. The van der Waals surface area contributed by atoms with Crippen LogP contribution >= 0.6 is 0 Å². The van der Waals surface area contributed by atoms with E-state index in [-0.39, 0.29) is 0 Å². The van der Waals surface area contributed by atoms with E-state index in [1.807, 2.05) is 36.4 Å². The molecular weight excluding hydrogens is 733 g/mol. The fraction of sp³-hybridized carbons (Fsp3) is 0. The van der Waals surface area contributed by atoms with Crippen LogP contribution in [0.15, 0.2) is 211 Å². The first kappa shape index (κ1) is 33.9. The van der Waals surface area contributed by atoms with E-state index in [0.29, 0.717) is 5.82 Å². The highest BCUT2D eigenvalue weighted by molar-refractivity contribution is 6.24. The Balaban J connectivity index is 0.970. The lowest BCUT2D eigenvalue weighted by Gasteiger charge is -2.12. The molecule has 12 rings (SSSR count). The van der Waals surface area contributed by atoms with E-state index >= 15 is 0 Å². The quantitative estimate of drug-likeness (QED) is 0.169. The fourth-order valence-corrected chi connectivity index (χ4v) is 8.82. The first-order valence-corrected chi connectivity index (χ1v) is 20.2. The third-order valence-electron chi connectivity index (χ3n) is 11.6. The van der Waals surface area contributed by atoms with Gasteiger partial charge in [0.2, 0.25) is 0 Å². The molecule has 0 radical (unpaired) electrons. The first-order chi connectivity index (χ1) is 29.7. The normalized spacial score (nSPS) is 11.7. The number of hydrogen-bond acceptors (Lipinski definition) is 4. The highest BCUT2D eigenvalue weighted by Crippen LogP contribution is 2.43. The van der Waals surface area contributed by atoms with Gasteiger partial charge in [-0.2, -0.15) is 0 Å². The molecule has 8 aromatic carbocycles. The molecule has 0 bridgehead atoms. The van der Waals surface area contributed by atoms with Crippen LogP contribution in [0, 0.1) is 0 Å². The molecular formula is C55H34N4O. The second-order valence-corrected chi connectivity index (χ2v) is 15.2. The van der Waals surface area contributed by atoms with Crippen molar-refractivity contribution in [3.8, 4) is 62.0 Å². The average Bonchev–Trinajstić information content (AvgIpc) is 3.88. The van der Waals surface area contributed by atoms with E-state index in [1.54, 1.807) is 0 Å². The summed E-state index contributed by atoms with van der Waals surface area (Å²) in [6, 6.07) is 71.8. The second-order valence-electron chi connectivity index (χ2n) is 15.2. The standard InChI is InChI=1S/C55H34N4O/c1-3-14-35(15-4-1)41-21-13-22-45-51(41)52-44-20-9-12-25-50(44)60-54(52)53(56-45)38-26-28-39(29-27-38)55-57-46(36-16-5-2-6-17-36)34-47(58-55)37-30-32-40(33-31-37)59-48-23-10-7-18-42(48)43-19-8-11-24-49(43)59/h1-34H. The molecule has 0 aliphatic heterocycles. The molecule has 0 saturated heterocycles. The molecule has 0 unspecified atom stereocenters. The van der Waals surface area contributed by atoms with Gasteiger partial charge in [-0.3, -0.25) is 0 Å². The van der Waals surface area contributed by atoms with Gasteiger partial charge in [-0.25, -0.2) is 15.0 Å². The van der Waals surface area contributed by atoms with Gasteiger partial charge in [0, 0.05) is 54.9 Å². The van der Waals surface area contributed by atoms with Crippen molar-refractivity contribution in [2.75, 3.05) is 0 Å². The van der Waals surface area contributed by atoms with Crippen LogP contribution in [0.25, 0.3) is 117 Å². The average molecular weight is 767 g/mol. The molecule has 0 spiro atoms. The SMILES string of the molecule is c1ccc(-c2cc(-c3ccc(-n4c5ccccc5c5ccccc54)cc3)nc(-c3ccc(-c4nc5cccc(-c6ccccc6)c5c5c4oc4ccccc45)cc3)n2)cc1. The van der Waals surface area contributed by atoms with Crippen molar-refractivity contribution in [3.05, 3.63) is 206 Å². The predicted octanol–water partition coefficient (Wildman–Crippen LogP) is 14.4. The lowest BCUT2D eigenvalue weighted by molar-refractivity contribution is 0.669. The van der Waals surface area contributed by atoms with Crippen LogP contribution in [0.3, 0.4) is 0 Å². The number of benzene rings is 8. The smallest absolute Gasteiger partial charge is 0.162 e. The van der Waals surface area contributed by atoms with Gasteiger partial charge in [0.1, 0.15) is 11.3 Å². The molecule has 5 heteroatoms. The van der Waals surface area contributed by atoms with Gasteiger partial charge in [-0.15, -0.1) is 0 Å². The molecule has 0 saturated carbocycles. The Morgan fingerprint density at radius 2 is 0.933 bits per heavy atom. The maximum absolute atomic E-state index is 6.67. The Hall–Kier alpha value is -8.15. The number of aromatic nitrogens is 4. The second kappa shape index (κ2) is 13.8. The topological polar surface area (TPSA) is 56.7 Å². The predicted molar refractivity (Wildman–Crippen MR) is 246 cm³/mol. The van der Waals surface area contributed by atoms with Gasteiger partial charge in [-0.05, 0) is 53.6 Å². The summed E-state index contributed by atoms with van der Waals surface area (Å²) < 4.78 is 9.00. The summed E-state index contributed by atoms with van der Waals surface area (Å²) in [6.07, 6.45) is 0. The monoisotopic (exact) mass is 766 g/mol. The maximum Gasteiger partial charge on any atom is 0.162 e. The Kier molecular flexibility index (Phi) is 7.78. The van der Waals surface area contributed by atoms with E-state index in [0.717, 1.165) is 89.0 Å². The molecule has 280 valence electrons. The highest BCUT2D eigenvalue weighted by atomic mass is 16.3. The van der Waals surface area contributed by atoms with E-state index in [1.165, 1.54) is 21.8 Å². The van der Waals surface area contributed by atoms with E-state index in [2.05, 4.69) is 174 Å². The molecule has 4 heterocycles. The van der Waals surface area contributed by atoms with Crippen LogP contribution in [-0.2, 0) is 0 Å². The summed E-state index contributed by atoms with van der Waals surface area (Å²) in [4.78, 5) is 15.6. The Bertz CT molecular complexity index is 3520. The number of rotatable bonds is 6. The zero-order chi connectivity index (χ0) is 39.6. The number of fused-ring (bicyclic) bond motifs is 8. The number of para-hydroxylation sites is 3. The highest BCUT2D eigenvalue weighted by Gasteiger charge is 2.21. The van der Waals surface area contributed by atoms with Crippen molar-refractivity contribution in [1.29, 1.82) is 0 Å². The summed E-state index contributed by atoms with van der Waals surface area (Å²) in [5.41, 5.74) is 14.7. The largest absolute Gasteiger partial charge is 0.454 e. The molecule has 12 aromatic rings. The summed E-state index contributed by atoms with van der Waals surface area (Å²) in [6.45, 7) is 0. The minimum absolute atomic E-state index is 0.650. The summed E-state index contributed by atoms with van der Waals surface area (Å²) >= 11 is 0. The van der Waals surface area contributed by atoms with Crippen molar-refractivity contribution < 1.29 is 4.42 Å². The van der Waals surface area contributed by atoms with Crippen LogP contribution in [0.4, 0.5) is 0 Å². The molecule has 0 atom stereocenters. The molecule has 5 nitrogen and oxygen atoms in total. The van der Waals surface area contributed by atoms with Crippen LogP contribution < -0.4 is 0 Å². The number of pyridine rings is 1. The Labute approximate surface area is 345 Å². The van der Waals surface area contributed by atoms with Gasteiger partial charge < -0.3 is 8.98 Å². The van der Waals surface area contributed by atoms with Crippen LogP contribution in [0.1, 0.15) is 0 Å². The minimum Gasteiger partial charge on any atom is -0.454 e.